The number of carbonyl (C=O) groups is 2. The van der Waals surface area contributed by atoms with Crippen LogP contribution in [-0.2, 0) is 9.53 Å². The van der Waals surface area contributed by atoms with Gasteiger partial charge < -0.3 is 19.9 Å². The van der Waals surface area contributed by atoms with Gasteiger partial charge in [0.25, 0.3) is 0 Å². The van der Waals surface area contributed by atoms with E-state index in [2.05, 4.69) is 5.32 Å². The average molecular weight is 352 g/mol. The van der Waals surface area contributed by atoms with E-state index in [1.807, 2.05) is 26.0 Å². The van der Waals surface area contributed by atoms with Gasteiger partial charge in [0.05, 0.1) is 18.2 Å². The van der Waals surface area contributed by atoms with E-state index in [4.69, 9.17) is 16.3 Å². The van der Waals surface area contributed by atoms with Crippen LogP contribution < -0.4 is 10.2 Å². The van der Waals surface area contributed by atoms with Gasteiger partial charge in [0.1, 0.15) is 0 Å². The van der Waals surface area contributed by atoms with Crippen molar-refractivity contribution in [1.29, 1.82) is 0 Å². The molecule has 2 heterocycles. The summed E-state index contributed by atoms with van der Waals surface area (Å²) < 4.78 is 5.64. The van der Waals surface area contributed by atoms with Crippen LogP contribution in [-0.4, -0.2) is 54.7 Å². The number of halogens is 1. The fourth-order valence-electron chi connectivity index (χ4n) is 3.28. The van der Waals surface area contributed by atoms with Gasteiger partial charge in [0.15, 0.2) is 0 Å². The largest absolute Gasteiger partial charge is 0.372 e. The molecule has 6 nitrogen and oxygen atoms in total. The maximum Gasteiger partial charge on any atom is 0.317 e. The second-order valence-electron chi connectivity index (χ2n) is 6.49. The van der Waals surface area contributed by atoms with Gasteiger partial charge in [0, 0.05) is 36.8 Å². The molecule has 0 unspecified atom stereocenters. The van der Waals surface area contributed by atoms with Gasteiger partial charge in [-0.25, -0.2) is 4.79 Å². The summed E-state index contributed by atoms with van der Waals surface area (Å²) in [6.45, 7) is 5.52. The van der Waals surface area contributed by atoms with E-state index >= 15 is 0 Å². The van der Waals surface area contributed by atoms with Gasteiger partial charge in [-0.2, -0.15) is 0 Å². The zero-order chi connectivity index (χ0) is 17.3. The standard InChI is InChI=1S/C17H22ClN3O3/c1-11-8-20(9-12(2)24-11)17(23)19-14-7-16(22)21(10-14)15-5-3-13(18)4-6-15/h3-6,11-12,14H,7-10H2,1-2H3,(H,19,23)/t11-,12-,14+/m0/s1. The third kappa shape index (κ3) is 3.82. The van der Waals surface area contributed by atoms with Crippen molar-refractivity contribution >= 4 is 29.2 Å². The summed E-state index contributed by atoms with van der Waals surface area (Å²) in [6, 6.07) is 6.83. The van der Waals surface area contributed by atoms with Crippen LogP contribution in [0.3, 0.4) is 0 Å². The number of amides is 3. The highest BCUT2D eigenvalue weighted by Gasteiger charge is 2.33. The lowest BCUT2D eigenvalue weighted by molar-refractivity contribution is -0.117. The molecule has 3 amide bonds. The van der Waals surface area contributed by atoms with Gasteiger partial charge in [-0.15, -0.1) is 0 Å². The van der Waals surface area contributed by atoms with Crippen molar-refractivity contribution < 1.29 is 14.3 Å². The molecule has 2 saturated heterocycles. The lowest BCUT2D eigenvalue weighted by atomic mass is 10.2. The monoisotopic (exact) mass is 351 g/mol. The molecule has 0 radical (unpaired) electrons. The molecule has 2 fully saturated rings. The van der Waals surface area contributed by atoms with Gasteiger partial charge in [0.2, 0.25) is 5.91 Å². The SMILES string of the molecule is C[C@H]1CN(C(=O)N[C@@H]2CC(=O)N(c3ccc(Cl)cc3)C2)C[C@H](C)O1. The molecule has 3 rings (SSSR count). The van der Waals surface area contributed by atoms with Crippen molar-refractivity contribution in [3.63, 3.8) is 0 Å². The van der Waals surface area contributed by atoms with E-state index in [1.54, 1.807) is 21.9 Å². The Labute approximate surface area is 146 Å². The van der Waals surface area contributed by atoms with Crippen LogP contribution in [0.5, 0.6) is 0 Å². The van der Waals surface area contributed by atoms with Crippen molar-refractivity contribution in [2.75, 3.05) is 24.5 Å². The summed E-state index contributed by atoms with van der Waals surface area (Å²) in [5, 5.41) is 3.60. The highest BCUT2D eigenvalue weighted by atomic mass is 35.5. The van der Waals surface area contributed by atoms with Crippen molar-refractivity contribution in [3.05, 3.63) is 29.3 Å². The maximum atomic E-state index is 12.5. The predicted octanol–water partition coefficient (Wildman–Crippen LogP) is 2.26. The van der Waals surface area contributed by atoms with Gasteiger partial charge in [-0.05, 0) is 38.1 Å². The molecule has 1 aromatic carbocycles. The molecule has 130 valence electrons. The van der Waals surface area contributed by atoms with E-state index in [9.17, 15) is 9.59 Å². The van der Waals surface area contributed by atoms with Crippen molar-refractivity contribution in [2.45, 2.75) is 38.5 Å². The Morgan fingerprint density at radius 2 is 1.79 bits per heavy atom. The molecule has 7 heteroatoms. The minimum absolute atomic E-state index is 0.00587. The predicted molar refractivity (Wildman–Crippen MR) is 92.3 cm³/mol. The van der Waals surface area contributed by atoms with E-state index in [1.165, 1.54) is 0 Å². The molecule has 3 atom stereocenters. The Kier molecular flexibility index (Phi) is 4.96. The fourth-order valence-corrected chi connectivity index (χ4v) is 3.41. The van der Waals surface area contributed by atoms with Gasteiger partial charge >= 0.3 is 6.03 Å². The molecule has 24 heavy (non-hydrogen) atoms. The highest BCUT2D eigenvalue weighted by molar-refractivity contribution is 6.30. The molecule has 0 saturated carbocycles. The van der Waals surface area contributed by atoms with Gasteiger partial charge in [-0.3, -0.25) is 4.79 Å². The molecule has 1 N–H and O–H groups in total. The summed E-state index contributed by atoms with van der Waals surface area (Å²) in [5.74, 6) is 0.00587. The molecule has 0 aromatic heterocycles. The highest BCUT2D eigenvalue weighted by Crippen LogP contribution is 2.23. The van der Waals surface area contributed by atoms with E-state index in [0.717, 1.165) is 5.69 Å². The third-order valence-corrected chi connectivity index (χ3v) is 4.55. The smallest absolute Gasteiger partial charge is 0.317 e. The molecular weight excluding hydrogens is 330 g/mol. The first kappa shape index (κ1) is 17.0. The lowest BCUT2D eigenvalue weighted by Gasteiger charge is -2.35. The first-order valence-electron chi connectivity index (χ1n) is 8.19. The number of urea groups is 1. The lowest BCUT2D eigenvalue weighted by Crippen LogP contribution is -2.53. The normalized spacial score (nSPS) is 27.5. The van der Waals surface area contributed by atoms with Crippen molar-refractivity contribution in [1.82, 2.24) is 10.2 Å². The number of hydrogen-bond donors (Lipinski definition) is 1. The molecule has 2 aliphatic rings. The van der Waals surface area contributed by atoms with Crippen LogP contribution in [0.25, 0.3) is 0 Å². The maximum absolute atomic E-state index is 12.5. The average Bonchev–Trinajstić information content (AvgIpc) is 2.87. The molecule has 0 bridgehead atoms. The van der Waals surface area contributed by atoms with Gasteiger partial charge in [-0.1, -0.05) is 11.6 Å². The Balaban J connectivity index is 1.59. The first-order chi connectivity index (χ1) is 11.4. The quantitative estimate of drug-likeness (QED) is 0.889. The minimum atomic E-state index is -0.186. The van der Waals surface area contributed by atoms with Crippen LogP contribution in [0.4, 0.5) is 10.5 Å². The van der Waals surface area contributed by atoms with E-state index in [-0.39, 0.29) is 30.2 Å². The molecule has 2 aliphatic heterocycles. The number of nitrogens with one attached hydrogen (secondary N) is 1. The molecule has 1 aromatic rings. The number of anilines is 1. The minimum Gasteiger partial charge on any atom is -0.372 e. The number of hydrogen-bond acceptors (Lipinski definition) is 3. The Bertz CT molecular complexity index is 612. The van der Waals surface area contributed by atoms with E-state index in [0.29, 0.717) is 31.1 Å². The third-order valence-electron chi connectivity index (χ3n) is 4.30. The molecule has 0 spiro atoms. The zero-order valence-electron chi connectivity index (χ0n) is 13.9. The first-order valence-corrected chi connectivity index (χ1v) is 8.57. The molecule has 0 aliphatic carbocycles. The Morgan fingerprint density at radius 3 is 2.42 bits per heavy atom. The number of carbonyl (C=O) groups excluding carboxylic acids is 2. The van der Waals surface area contributed by atoms with Crippen LogP contribution >= 0.6 is 11.6 Å². The summed E-state index contributed by atoms with van der Waals surface area (Å²) in [7, 11) is 0. The number of nitrogens with zero attached hydrogens (tertiary/aromatic N) is 2. The Hall–Kier alpha value is -1.79. The number of benzene rings is 1. The molecular formula is C17H22ClN3O3. The van der Waals surface area contributed by atoms with E-state index < -0.39 is 0 Å². The fraction of sp³-hybridized carbons (Fsp3) is 0.529. The van der Waals surface area contributed by atoms with Crippen molar-refractivity contribution in [3.8, 4) is 0 Å². The van der Waals surface area contributed by atoms with Crippen LogP contribution in [0.15, 0.2) is 24.3 Å². The second-order valence-corrected chi connectivity index (χ2v) is 6.93. The summed E-state index contributed by atoms with van der Waals surface area (Å²) in [6.07, 6.45) is 0.356. The summed E-state index contributed by atoms with van der Waals surface area (Å²) >= 11 is 5.89. The van der Waals surface area contributed by atoms with Crippen LogP contribution in [0, 0.1) is 0 Å². The second kappa shape index (κ2) is 6.99. The Morgan fingerprint density at radius 1 is 1.17 bits per heavy atom. The number of ether oxygens (including phenoxy) is 1. The van der Waals surface area contributed by atoms with Crippen LogP contribution in [0.1, 0.15) is 20.3 Å². The summed E-state index contributed by atoms with van der Waals surface area (Å²) in [4.78, 5) is 28.1. The number of morpholine rings is 1. The summed E-state index contributed by atoms with van der Waals surface area (Å²) in [5.41, 5.74) is 0.801. The zero-order valence-corrected chi connectivity index (χ0v) is 14.6. The van der Waals surface area contributed by atoms with Crippen LogP contribution in [0.2, 0.25) is 5.02 Å². The van der Waals surface area contributed by atoms with Crippen molar-refractivity contribution in [2.24, 2.45) is 0 Å². The number of rotatable bonds is 2. The topological polar surface area (TPSA) is 61.9 Å².